The first-order valence-electron chi connectivity index (χ1n) is 4.63. The maximum atomic E-state index is 5.69. The van der Waals surface area contributed by atoms with E-state index in [9.17, 15) is 0 Å². The third-order valence-corrected chi connectivity index (χ3v) is 2.54. The van der Waals surface area contributed by atoms with Gasteiger partial charge in [-0.25, -0.2) is 5.10 Å². The fourth-order valence-corrected chi connectivity index (χ4v) is 1.87. The largest absolute Gasteiger partial charge is 0.469 e. The van der Waals surface area contributed by atoms with E-state index >= 15 is 0 Å². The standard InChI is InChI=1S/C9H12N4OS/c1-6(5-7-3-2-4-14-7)13-8(10)11-12-9(13)15/h2-4,6H,5H2,1H3,(H2,10,11)(H,12,15). The zero-order valence-electron chi connectivity index (χ0n) is 8.30. The van der Waals surface area contributed by atoms with Crippen LogP contribution in [-0.4, -0.2) is 14.8 Å². The number of aromatic amines is 1. The molecule has 0 amide bonds. The average Bonchev–Trinajstić information content (AvgIpc) is 2.77. The molecule has 0 aliphatic rings. The lowest BCUT2D eigenvalue weighted by atomic mass is 10.2. The summed E-state index contributed by atoms with van der Waals surface area (Å²) in [6.45, 7) is 2.02. The van der Waals surface area contributed by atoms with Gasteiger partial charge in [-0.2, -0.15) is 0 Å². The number of hydrogen-bond acceptors (Lipinski definition) is 4. The van der Waals surface area contributed by atoms with Crippen LogP contribution in [-0.2, 0) is 6.42 Å². The molecular formula is C9H12N4OS. The number of nitrogen functional groups attached to an aromatic ring is 1. The predicted molar refractivity (Wildman–Crippen MR) is 58.9 cm³/mol. The summed E-state index contributed by atoms with van der Waals surface area (Å²) in [5.41, 5.74) is 5.69. The molecule has 0 aliphatic heterocycles. The van der Waals surface area contributed by atoms with E-state index in [1.54, 1.807) is 10.8 Å². The van der Waals surface area contributed by atoms with Crippen LogP contribution >= 0.6 is 12.2 Å². The first-order valence-corrected chi connectivity index (χ1v) is 5.04. The van der Waals surface area contributed by atoms with E-state index in [2.05, 4.69) is 10.2 Å². The minimum Gasteiger partial charge on any atom is -0.469 e. The van der Waals surface area contributed by atoms with E-state index in [4.69, 9.17) is 22.4 Å². The van der Waals surface area contributed by atoms with Gasteiger partial charge in [-0.05, 0) is 31.3 Å². The average molecular weight is 224 g/mol. The Bertz CT molecular complexity index is 484. The molecule has 0 saturated carbocycles. The second kappa shape index (κ2) is 3.90. The zero-order valence-corrected chi connectivity index (χ0v) is 9.12. The maximum absolute atomic E-state index is 5.69. The van der Waals surface area contributed by atoms with Gasteiger partial charge in [0.2, 0.25) is 5.95 Å². The molecule has 2 aromatic rings. The summed E-state index contributed by atoms with van der Waals surface area (Å²) in [7, 11) is 0. The van der Waals surface area contributed by atoms with E-state index in [1.165, 1.54) is 0 Å². The van der Waals surface area contributed by atoms with Gasteiger partial charge >= 0.3 is 0 Å². The second-order valence-corrected chi connectivity index (χ2v) is 3.78. The van der Waals surface area contributed by atoms with Gasteiger partial charge < -0.3 is 10.2 Å². The van der Waals surface area contributed by atoms with Crippen molar-refractivity contribution in [1.29, 1.82) is 0 Å². The highest BCUT2D eigenvalue weighted by molar-refractivity contribution is 7.71. The molecule has 2 heterocycles. The number of H-pyrrole nitrogens is 1. The number of furan rings is 1. The lowest BCUT2D eigenvalue weighted by molar-refractivity contribution is 0.449. The van der Waals surface area contributed by atoms with Crippen LogP contribution in [0, 0.1) is 4.77 Å². The quantitative estimate of drug-likeness (QED) is 0.781. The number of anilines is 1. The molecule has 0 aliphatic carbocycles. The highest BCUT2D eigenvalue weighted by Crippen LogP contribution is 2.16. The summed E-state index contributed by atoms with van der Waals surface area (Å²) >= 11 is 5.08. The molecule has 80 valence electrons. The minimum absolute atomic E-state index is 0.127. The molecule has 15 heavy (non-hydrogen) atoms. The lowest BCUT2D eigenvalue weighted by Gasteiger charge is -2.11. The number of nitrogens with one attached hydrogen (secondary N) is 1. The molecule has 6 heteroatoms. The highest BCUT2D eigenvalue weighted by atomic mass is 32.1. The molecule has 1 atom stereocenters. The summed E-state index contributed by atoms with van der Waals surface area (Å²) < 4.78 is 7.57. The summed E-state index contributed by atoms with van der Waals surface area (Å²) in [6, 6.07) is 3.92. The van der Waals surface area contributed by atoms with E-state index in [-0.39, 0.29) is 6.04 Å². The van der Waals surface area contributed by atoms with E-state index in [0.29, 0.717) is 10.7 Å². The number of rotatable bonds is 3. The SMILES string of the molecule is CC(Cc1ccco1)n1c(N)n[nH]c1=S. The number of nitrogens with two attached hydrogens (primary N) is 1. The third kappa shape index (κ3) is 1.94. The first kappa shape index (κ1) is 9.97. The van der Waals surface area contributed by atoms with E-state index in [1.807, 2.05) is 19.1 Å². The Hall–Kier alpha value is -1.56. The monoisotopic (exact) mass is 224 g/mol. The Labute approximate surface area is 91.9 Å². The van der Waals surface area contributed by atoms with Crippen LogP contribution in [0.3, 0.4) is 0 Å². The van der Waals surface area contributed by atoms with Gasteiger partial charge in [0.05, 0.1) is 6.26 Å². The van der Waals surface area contributed by atoms with E-state index in [0.717, 1.165) is 12.2 Å². The molecule has 1 unspecified atom stereocenters. The molecular weight excluding hydrogens is 212 g/mol. The van der Waals surface area contributed by atoms with Gasteiger partial charge in [0.1, 0.15) is 5.76 Å². The van der Waals surface area contributed by atoms with Crippen LogP contribution in [0.15, 0.2) is 22.8 Å². The van der Waals surface area contributed by atoms with Crippen molar-refractivity contribution in [3.63, 3.8) is 0 Å². The van der Waals surface area contributed by atoms with Gasteiger partial charge in [0.15, 0.2) is 4.77 Å². The van der Waals surface area contributed by atoms with E-state index < -0.39 is 0 Å². The van der Waals surface area contributed by atoms with Gasteiger partial charge in [0.25, 0.3) is 0 Å². The Morgan fingerprint density at radius 1 is 1.73 bits per heavy atom. The molecule has 3 N–H and O–H groups in total. The Kier molecular flexibility index (Phi) is 2.59. The smallest absolute Gasteiger partial charge is 0.220 e. The lowest BCUT2D eigenvalue weighted by Crippen LogP contribution is -2.11. The molecule has 0 fully saturated rings. The molecule has 2 aromatic heterocycles. The van der Waals surface area contributed by atoms with Crippen molar-refractivity contribution in [1.82, 2.24) is 14.8 Å². The molecule has 0 saturated heterocycles. The topological polar surface area (TPSA) is 72.8 Å². The number of aromatic nitrogens is 3. The zero-order chi connectivity index (χ0) is 10.8. The maximum Gasteiger partial charge on any atom is 0.220 e. The molecule has 0 aromatic carbocycles. The fraction of sp³-hybridized carbons (Fsp3) is 0.333. The van der Waals surface area contributed by atoms with Gasteiger partial charge in [-0.3, -0.25) is 4.57 Å². The first-order chi connectivity index (χ1) is 7.18. The van der Waals surface area contributed by atoms with Gasteiger partial charge in [-0.1, -0.05) is 0 Å². The van der Waals surface area contributed by atoms with Crippen LogP contribution in [0.25, 0.3) is 0 Å². The highest BCUT2D eigenvalue weighted by Gasteiger charge is 2.12. The van der Waals surface area contributed by atoms with Crippen molar-refractivity contribution in [2.24, 2.45) is 0 Å². The minimum atomic E-state index is 0.127. The van der Waals surface area contributed by atoms with Gasteiger partial charge in [0, 0.05) is 12.5 Å². The molecule has 5 nitrogen and oxygen atoms in total. The number of nitrogens with zero attached hydrogens (tertiary/aromatic N) is 2. The van der Waals surface area contributed by atoms with Crippen molar-refractivity contribution in [2.75, 3.05) is 5.73 Å². The normalized spacial score (nSPS) is 12.9. The molecule has 0 radical (unpaired) electrons. The van der Waals surface area contributed by atoms with Crippen LogP contribution < -0.4 is 5.73 Å². The predicted octanol–water partition coefficient (Wildman–Crippen LogP) is 1.92. The van der Waals surface area contributed by atoms with Crippen LogP contribution in [0.1, 0.15) is 18.7 Å². The Morgan fingerprint density at radius 3 is 3.07 bits per heavy atom. The van der Waals surface area contributed by atoms with Gasteiger partial charge in [-0.15, -0.1) is 5.10 Å². The summed E-state index contributed by atoms with van der Waals surface area (Å²) in [5, 5.41) is 6.52. The fourth-order valence-electron chi connectivity index (χ4n) is 1.55. The number of hydrogen-bond donors (Lipinski definition) is 2. The Balaban J connectivity index is 2.22. The van der Waals surface area contributed by atoms with Crippen molar-refractivity contribution in [3.05, 3.63) is 28.9 Å². The van der Waals surface area contributed by atoms with Crippen LogP contribution in [0.4, 0.5) is 5.95 Å². The summed E-state index contributed by atoms with van der Waals surface area (Å²) in [5.74, 6) is 1.31. The van der Waals surface area contributed by atoms with Crippen LogP contribution in [0.5, 0.6) is 0 Å². The molecule has 2 rings (SSSR count). The van der Waals surface area contributed by atoms with Crippen molar-refractivity contribution < 1.29 is 4.42 Å². The molecule has 0 bridgehead atoms. The van der Waals surface area contributed by atoms with Crippen molar-refractivity contribution in [3.8, 4) is 0 Å². The Morgan fingerprint density at radius 2 is 2.53 bits per heavy atom. The van der Waals surface area contributed by atoms with Crippen molar-refractivity contribution >= 4 is 18.2 Å². The van der Waals surface area contributed by atoms with Crippen LogP contribution in [0.2, 0.25) is 0 Å². The molecule has 0 spiro atoms. The second-order valence-electron chi connectivity index (χ2n) is 3.39. The van der Waals surface area contributed by atoms with Crippen molar-refractivity contribution in [2.45, 2.75) is 19.4 Å². The summed E-state index contributed by atoms with van der Waals surface area (Å²) in [4.78, 5) is 0. The third-order valence-electron chi connectivity index (χ3n) is 2.25. The summed E-state index contributed by atoms with van der Waals surface area (Å²) in [6.07, 6.45) is 2.39.